The summed E-state index contributed by atoms with van der Waals surface area (Å²) >= 11 is 0. The molecule has 3 heterocycles. The first-order valence-corrected chi connectivity index (χ1v) is 11.6. The number of anilines is 1. The molecule has 0 aliphatic heterocycles. The van der Waals surface area contributed by atoms with Crippen molar-refractivity contribution in [3.05, 3.63) is 85.1 Å². The van der Waals surface area contributed by atoms with E-state index in [1.54, 1.807) is 29.8 Å². The largest absolute Gasteiger partial charge is 0.494 e. The number of benzene rings is 2. The van der Waals surface area contributed by atoms with Crippen LogP contribution in [0.2, 0.25) is 0 Å². The summed E-state index contributed by atoms with van der Waals surface area (Å²) in [7, 11) is 0. The zero-order valence-electron chi connectivity index (χ0n) is 19.8. The third-order valence-corrected chi connectivity index (χ3v) is 5.38. The van der Waals surface area contributed by atoms with Crippen LogP contribution < -0.4 is 14.8 Å². The van der Waals surface area contributed by atoms with Gasteiger partial charge in [-0.25, -0.2) is 0 Å². The standard InChI is InChI=1S/C27H24N6O3/c1-3-35-21-10-7-11-22(17-21)36-18(2)27(34)29-20-9-6-8-19(16-20)23-13-14-25-30-31-26(33(25)32-23)24-12-4-5-15-28-24/h4-18H,3H2,1-2H3,(H,29,34). The van der Waals surface area contributed by atoms with Gasteiger partial charge in [0.1, 0.15) is 17.2 Å². The van der Waals surface area contributed by atoms with Crippen molar-refractivity contribution in [2.24, 2.45) is 0 Å². The van der Waals surface area contributed by atoms with Crippen LogP contribution in [0.3, 0.4) is 0 Å². The number of pyridine rings is 1. The Labute approximate surface area is 207 Å². The molecule has 0 saturated heterocycles. The van der Waals surface area contributed by atoms with Crippen molar-refractivity contribution in [1.82, 2.24) is 24.8 Å². The molecule has 0 aliphatic rings. The SMILES string of the molecule is CCOc1cccc(OC(C)C(=O)Nc2cccc(-c3ccc4nnc(-c5ccccn5)n4n3)c2)c1. The summed E-state index contributed by atoms with van der Waals surface area (Å²) in [6.45, 7) is 4.17. The van der Waals surface area contributed by atoms with Crippen LogP contribution in [0.1, 0.15) is 13.8 Å². The molecule has 5 aromatic rings. The molecule has 0 spiro atoms. The highest BCUT2D eigenvalue weighted by Crippen LogP contribution is 2.24. The lowest BCUT2D eigenvalue weighted by Crippen LogP contribution is -2.30. The minimum Gasteiger partial charge on any atom is -0.494 e. The molecule has 5 rings (SSSR count). The van der Waals surface area contributed by atoms with Gasteiger partial charge in [-0.1, -0.05) is 24.3 Å². The topological polar surface area (TPSA) is 104 Å². The molecule has 2 aromatic carbocycles. The van der Waals surface area contributed by atoms with Gasteiger partial charge in [-0.3, -0.25) is 9.78 Å². The number of carbonyl (C=O) groups is 1. The van der Waals surface area contributed by atoms with Crippen LogP contribution in [-0.2, 0) is 4.79 Å². The third kappa shape index (κ3) is 5.00. The fourth-order valence-corrected chi connectivity index (χ4v) is 3.66. The molecule has 0 aliphatic carbocycles. The Bertz CT molecular complexity index is 1500. The van der Waals surface area contributed by atoms with Gasteiger partial charge >= 0.3 is 0 Å². The first-order valence-electron chi connectivity index (χ1n) is 11.6. The predicted molar refractivity (Wildman–Crippen MR) is 136 cm³/mol. The van der Waals surface area contributed by atoms with Crippen LogP contribution >= 0.6 is 0 Å². The van der Waals surface area contributed by atoms with Gasteiger partial charge in [-0.2, -0.15) is 9.61 Å². The lowest BCUT2D eigenvalue weighted by atomic mass is 10.1. The van der Waals surface area contributed by atoms with Crippen molar-refractivity contribution < 1.29 is 14.3 Å². The second-order valence-electron chi connectivity index (χ2n) is 7.97. The number of amides is 1. The molecule has 1 unspecified atom stereocenters. The highest BCUT2D eigenvalue weighted by Gasteiger charge is 2.16. The first-order chi connectivity index (χ1) is 17.6. The van der Waals surface area contributed by atoms with Crippen molar-refractivity contribution >= 4 is 17.2 Å². The van der Waals surface area contributed by atoms with Crippen LogP contribution in [0, 0.1) is 0 Å². The Morgan fingerprint density at radius 2 is 1.81 bits per heavy atom. The maximum absolute atomic E-state index is 12.8. The van der Waals surface area contributed by atoms with Crippen molar-refractivity contribution in [3.8, 4) is 34.3 Å². The van der Waals surface area contributed by atoms with E-state index in [1.807, 2.05) is 73.7 Å². The Morgan fingerprint density at radius 1 is 0.944 bits per heavy atom. The summed E-state index contributed by atoms with van der Waals surface area (Å²) in [6, 6.07) is 24.0. The molecule has 0 fully saturated rings. The summed E-state index contributed by atoms with van der Waals surface area (Å²) in [6.07, 6.45) is 0.991. The number of ether oxygens (including phenoxy) is 2. The molecule has 1 N–H and O–H groups in total. The quantitative estimate of drug-likeness (QED) is 0.345. The number of hydrogen-bond donors (Lipinski definition) is 1. The van der Waals surface area contributed by atoms with E-state index in [0.717, 1.165) is 5.56 Å². The van der Waals surface area contributed by atoms with Gasteiger partial charge in [0, 0.05) is 23.5 Å². The number of nitrogens with one attached hydrogen (secondary N) is 1. The predicted octanol–water partition coefficient (Wildman–Crippen LogP) is 4.66. The van der Waals surface area contributed by atoms with Crippen molar-refractivity contribution in [2.45, 2.75) is 20.0 Å². The smallest absolute Gasteiger partial charge is 0.265 e. The molecule has 0 saturated carbocycles. The van der Waals surface area contributed by atoms with Gasteiger partial charge < -0.3 is 14.8 Å². The molecule has 36 heavy (non-hydrogen) atoms. The Balaban J connectivity index is 1.33. The molecule has 180 valence electrons. The van der Waals surface area contributed by atoms with Gasteiger partial charge in [0.2, 0.25) is 5.82 Å². The van der Waals surface area contributed by atoms with Gasteiger partial charge in [0.15, 0.2) is 11.8 Å². The maximum atomic E-state index is 12.8. The molecule has 1 amide bonds. The normalized spacial score (nSPS) is 11.7. The second kappa shape index (κ2) is 10.2. The molecule has 0 radical (unpaired) electrons. The van der Waals surface area contributed by atoms with Crippen LogP contribution in [0.5, 0.6) is 11.5 Å². The summed E-state index contributed by atoms with van der Waals surface area (Å²) in [5.74, 6) is 1.54. The molecule has 3 aromatic heterocycles. The Kier molecular flexibility index (Phi) is 6.53. The second-order valence-corrected chi connectivity index (χ2v) is 7.97. The monoisotopic (exact) mass is 480 g/mol. The van der Waals surface area contributed by atoms with E-state index in [0.29, 0.717) is 46.7 Å². The maximum Gasteiger partial charge on any atom is 0.265 e. The van der Waals surface area contributed by atoms with Gasteiger partial charge in [-0.05, 0) is 62.4 Å². The Morgan fingerprint density at radius 3 is 2.64 bits per heavy atom. The molecule has 0 bridgehead atoms. The van der Waals surface area contributed by atoms with E-state index < -0.39 is 6.10 Å². The van der Waals surface area contributed by atoms with Crippen molar-refractivity contribution in [2.75, 3.05) is 11.9 Å². The van der Waals surface area contributed by atoms with E-state index >= 15 is 0 Å². The highest BCUT2D eigenvalue weighted by atomic mass is 16.5. The number of aromatic nitrogens is 5. The van der Waals surface area contributed by atoms with E-state index in [2.05, 4.69) is 20.5 Å². The molecular formula is C27H24N6O3. The zero-order valence-corrected chi connectivity index (χ0v) is 19.8. The van der Waals surface area contributed by atoms with Crippen LogP contribution in [0.4, 0.5) is 5.69 Å². The minimum absolute atomic E-state index is 0.270. The molecular weight excluding hydrogens is 456 g/mol. The van der Waals surface area contributed by atoms with E-state index in [9.17, 15) is 4.79 Å². The number of nitrogens with zero attached hydrogens (tertiary/aromatic N) is 5. The first kappa shape index (κ1) is 23.0. The highest BCUT2D eigenvalue weighted by molar-refractivity contribution is 5.94. The number of fused-ring (bicyclic) bond motifs is 1. The number of rotatable bonds is 8. The van der Waals surface area contributed by atoms with E-state index in [4.69, 9.17) is 14.6 Å². The molecule has 9 nitrogen and oxygen atoms in total. The summed E-state index contributed by atoms with van der Waals surface area (Å²) < 4.78 is 13.0. The van der Waals surface area contributed by atoms with Crippen LogP contribution in [0.25, 0.3) is 28.4 Å². The summed E-state index contributed by atoms with van der Waals surface area (Å²) in [4.78, 5) is 17.2. The van der Waals surface area contributed by atoms with Crippen molar-refractivity contribution in [3.63, 3.8) is 0 Å². The minimum atomic E-state index is -0.710. The van der Waals surface area contributed by atoms with Crippen LogP contribution in [-0.4, -0.2) is 43.4 Å². The van der Waals surface area contributed by atoms with Crippen molar-refractivity contribution in [1.29, 1.82) is 0 Å². The van der Waals surface area contributed by atoms with E-state index in [-0.39, 0.29) is 5.91 Å². The average Bonchev–Trinajstić information content (AvgIpc) is 3.33. The summed E-state index contributed by atoms with van der Waals surface area (Å²) in [5.41, 5.74) is 3.45. The van der Waals surface area contributed by atoms with Gasteiger partial charge in [0.05, 0.1) is 12.3 Å². The lowest BCUT2D eigenvalue weighted by molar-refractivity contribution is -0.122. The fourth-order valence-electron chi connectivity index (χ4n) is 3.66. The zero-order chi connectivity index (χ0) is 24.9. The third-order valence-electron chi connectivity index (χ3n) is 5.38. The molecule has 9 heteroatoms. The Hall–Kier alpha value is -4.79. The van der Waals surface area contributed by atoms with Gasteiger partial charge in [0.25, 0.3) is 5.91 Å². The summed E-state index contributed by atoms with van der Waals surface area (Å²) in [5, 5.41) is 16.1. The molecule has 1 atom stereocenters. The average molecular weight is 481 g/mol. The van der Waals surface area contributed by atoms with Crippen LogP contribution in [0.15, 0.2) is 85.1 Å². The number of carbonyl (C=O) groups excluding carboxylic acids is 1. The fraction of sp³-hybridized carbons (Fsp3) is 0.148. The number of hydrogen-bond acceptors (Lipinski definition) is 7. The van der Waals surface area contributed by atoms with Gasteiger partial charge in [-0.15, -0.1) is 10.2 Å². The lowest BCUT2D eigenvalue weighted by Gasteiger charge is -2.16. The van der Waals surface area contributed by atoms with E-state index in [1.165, 1.54) is 0 Å².